The van der Waals surface area contributed by atoms with Crippen LogP contribution in [0.15, 0.2) is 36.7 Å². The number of nitrogens with zero attached hydrogens (tertiary/aromatic N) is 2. The van der Waals surface area contributed by atoms with Crippen LogP contribution in [0.3, 0.4) is 0 Å². The number of rotatable bonds is 6. The lowest BCUT2D eigenvalue weighted by atomic mass is 10.1. The van der Waals surface area contributed by atoms with Gasteiger partial charge in [-0.1, -0.05) is 6.07 Å². The second kappa shape index (κ2) is 9.18. The van der Waals surface area contributed by atoms with Crippen LogP contribution in [0, 0.1) is 0 Å². The van der Waals surface area contributed by atoms with Gasteiger partial charge in [-0.3, -0.25) is 14.6 Å². The summed E-state index contributed by atoms with van der Waals surface area (Å²) in [6, 6.07) is 6.99. The van der Waals surface area contributed by atoms with E-state index in [0.29, 0.717) is 55.5 Å². The lowest BCUT2D eigenvalue weighted by Gasteiger charge is -2.26. The smallest absolute Gasteiger partial charge is 0.255 e. The molecule has 8 nitrogen and oxygen atoms in total. The number of hydrogen-bond acceptors (Lipinski definition) is 6. The van der Waals surface area contributed by atoms with Gasteiger partial charge in [-0.2, -0.15) is 0 Å². The quantitative estimate of drug-likeness (QED) is 0.811. The fourth-order valence-electron chi connectivity index (χ4n) is 2.91. The van der Waals surface area contributed by atoms with Crippen LogP contribution in [0.5, 0.6) is 11.5 Å². The minimum atomic E-state index is -0.307. The maximum absolute atomic E-state index is 12.6. The Balaban J connectivity index is 1.65. The van der Waals surface area contributed by atoms with Crippen LogP contribution >= 0.6 is 0 Å². The first-order chi connectivity index (χ1) is 13.6. The van der Waals surface area contributed by atoms with Crippen molar-refractivity contribution < 1.29 is 23.8 Å². The van der Waals surface area contributed by atoms with Gasteiger partial charge in [0.2, 0.25) is 0 Å². The van der Waals surface area contributed by atoms with E-state index in [0.717, 1.165) is 5.56 Å². The van der Waals surface area contributed by atoms with E-state index in [-0.39, 0.29) is 11.8 Å². The van der Waals surface area contributed by atoms with E-state index in [2.05, 4.69) is 10.3 Å². The lowest BCUT2D eigenvalue weighted by molar-refractivity contribution is 0.0302. The molecule has 0 aliphatic carbocycles. The van der Waals surface area contributed by atoms with Crippen molar-refractivity contribution in [1.29, 1.82) is 0 Å². The molecular weight excluding hydrogens is 362 g/mol. The third-order valence-corrected chi connectivity index (χ3v) is 4.45. The van der Waals surface area contributed by atoms with Crippen molar-refractivity contribution in [3.8, 4) is 11.5 Å². The number of pyridine rings is 1. The van der Waals surface area contributed by atoms with Gasteiger partial charge in [0, 0.05) is 32.0 Å². The number of aromatic nitrogens is 1. The van der Waals surface area contributed by atoms with Gasteiger partial charge in [-0.15, -0.1) is 0 Å². The predicted molar refractivity (Wildman–Crippen MR) is 102 cm³/mol. The fraction of sp³-hybridized carbons (Fsp3) is 0.350. The highest BCUT2D eigenvalue weighted by atomic mass is 16.5. The molecule has 3 rings (SSSR count). The van der Waals surface area contributed by atoms with Gasteiger partial charge < -0.3 is 24.4 Å². The monoisotopic (exact) mass is 385 g/mol. The van der Waals surface area contributed by atoms with Crippen LogP contribution in [0.25, 0.3) is 0 Å². The number of ether oxygens (including phenoxy) is 3. The first kappa shape index (κ1) is 19.6. The van der Waals surface area contributed by atoms with Gasteiger partial charge >= 0.3 is 0 Å². The van der Waals surface area contributed by atoms with Crippen LogP contribution in [0.2, 0.25) is 0 Å². The highest BCUT2D eigenvalue weighted by Crippen LogP contribution is 2.27. The van der Waals surface area contributed by atoms with E-state index in [1.54, 1.807) is 37.3 Å². The zero-order valence-electron chi connectivity index (χ0n) is 15.9. The number of morpholine rings is 1. The molecule has 2 heterocycles. The Bertz CT molecular complexity index is 849. The van der Waals surface area contributed by atoms with Gasteiger partial charge in [0.15, 0.2) is 11.5 Å². The Morgan fingerprint density at radius 3 is 2.50 bits per heavy atom. The zero-order valence-corrected chi connectivity index (χ0v) is 15.9. The van der Waals surface area contributed by atoms with Crippen molar-refractivity contribution in [3.63, 3.8) is 0 Å². The molecule has 1 fully saturated rings. The molecule has 2 amide bonds. The second-order valence-electron chi connectivity index (χ2n) is 6.24. The van der Waals surface area contributed by atoms with E-state index in [1.165, 1.54) is 12.4 Å². The summed E-state index contributed by atoms with van der Waals surface area (Å²) in [6.07, 6.45) is 2.92. The number of carbonyl (C=O) groups is 2. The molecule has 0 radical (unpaired) electrons. The summed E-state index contributed by atoms with van der Waals surface area (Å²) in [6.45, 7) is 2.42. The number of methoxy groups -OCH3 is 2. The van der Waals surface area contributed by atoms with Crippen LogP contribution in [-0.2, 0) is 11.3 Å². The van der Waals surface area contributed by atoms with Crippen molar-refractivity contribution in [3.05, 3.63) is 53.3 Å². The molecule has 1 aromatic carbocycles. The van der Waals surface area contributed by atoms with E-state index < -0.39 is 0 Å². The SMILES string of the molecule is COc1ccc(CNC(=O)c2cncc(C(=O)N3CCOCC3)c2)cc1OC. The van der Waals surface area contributed by atoms with E-state index >= 15 is 0 Å². The Morgan fingerprint density at radius 2 is 1.79 bits per heavy atom. The van der Waals surface area contributed by atoms with Crippen molar-refractivity contribution in [2.45, 2.75) is 6.54 Å². The Kier molecular flexibility index (Phi) is 6.44. The first-order valence-corrected chi connectivity index (χ1v) is 8.93. The molecule has 28 heavy (non-hydrogen) atoms. The molecule has 1 N–H and O–H groups in total. The average Bonchev–Trinajstić information content (AvgIpc) is 2.77. The molecule has 1 saturated heterocycles. The summed E-state index contributed by atoms with van der Waals surface area (Å²) in [5, 5.41) is 2.83. The van der Waals surface area contributed by atoms with Gasteiger partial charge in [-0.05, 0) is 23.8 Å². The summed E-state index contributed by atoms with van der Waals surface area (Å²) in [7, 11) is 3.13. The molecule has 8 heteroatoms. The maximum atomic E-state index is 12.6. The summed E-state index contributed by atoms with van der Waals surface area (Å²) in [5.74, 6) is 0.759. The van der Waals surface area contributed by atoms with Crippen LogP contribution in [0.1, 0.15) is 26.3 Å². The average molecular weight is 385 g/mol. The van der Waals surface area contributed by atoms with Gasteiger partial charge in [-0.25, -0.2) is 0 Å². The van der Waals surface area contributed by atoms with E-state index in [1.807, 2.05) is 6.07 Å². The lowest BCUT2D eigenvalue weighted by Crippen LogP contribution is -2.40. The zero-order chi connectivity index (χ0) is 19.9. The van der Waals surface area contributed by atoms with Crippen LogP contribution < -0.4 is 14.8 Å². The number of carbonyl (C=O) groups excluding carboxylic acids is 2. The van der Waals surface area contributed by atoms with Crippen molar-refractivity contribution >= 4 is 11.8 Å². The Hall–Kier alpha value is -3.13. The molecule has 0 atom stereocenters. The maximum Gasteiger partial charge on any atom is 0.255 e. The molecule has 1 aliphatic heterocycles. The third kappa shape index (κ3) is 4.58. The Labute approximate surface area is 163 Å². The summed E-state index contributed by atoms with van der Waals surface area (Å²) < 4.78 is 15.7. The number of hydrogen-bond donors (Lipinski definition) is 1. The molecular formula is C20H23N3O5. The number of nitrogens with one attached hydrogen (secondary N) is 1. The largest absolute Gasteiger partial charge is 0.493 e. The van der Waals surface area contributed by atoms with Crippen molar-refractivity contribution in [1.82, 2.24) is 15.2 Å². The first-order valence-electron chi connectivity index (χ1n) is 8.93. The topological polar surface area (TPSA) is 90.0 Å². The normalized spacial score (nSPS) is 13.7. The molecule has 2 aromatic rings. The summed E-state index contributed by atoms with van der Waals surface area (Å²) >= 11 is 0. The highest BCUT2D eigenvalue weighted by molar-refractivity contribution is 5.99. The molecule has 0 saturated carbocycles. The molecule has 1 aliphatic rings. The fourth-order valence-corrected chi connectivity index (χ4v) is 2.91. The van der Waals surface area contributed by atoms with Crippen LogP contribution in [0.4, 0.5) is 0 Å². The molecule has 0 spiro atoms. The summed E-state index contributed by atoms with van der Waals surface area (Å²) in [4.78, 5) is 30.8. The van der Waals surface area contributed by atoms with Crippen molar-refractivity contribution in [2.24, 2.45) is 0 Å². The van der Waals surface area contributed by atoms with E-state index in [9.17, 15) is 9.59 Å². The Morgan fingerprint density at radius 1 is 1.07 bits per heavy atom. The number of benzene rings is 1. The predicted octanol–water partition coefficient (Wildman–Crippen LogP) is 1.50. The highest BCUT2D eigenvalue weighted by Gasteiger charge is 2.20. The van der Waals surface area contributed by atoms with Crippen molar-refractivity contribution in [2.75, 3.05) is 40.5 Å². The molecule has 1 aromatic heterocycles. The van der Waals surface area contributed by atoms with Crippen LogP contribution in [-0.4, -0.2) is 62.2 Å². The minimum absolute atomic E-state index is 0.148. The minimum Gasteiger partial charge on any atom is -0.493 e. The second-order valence-corrected chi connectivity index (χ2v) is 6.24. The number of amides is 2. The summed E-state index contributed by atoms with van der Waals surface area (Å²) in [5.41, 5.74) is 1.58. The van der Waals surface area contributed by atoms with E-state index in [4.69, 9.17) is 14.2 Å². The molecule has 0 bridgehead atoms. The molecule has 148 valence electrons. The van der Waals surface area contributed by atoms with Gasteiger partial charge in [0.25, 0.3) is 11.8 Å². The van der Waals surface area contributed by atoms with Gasteiger partial charge in [0.05, 0.1) is 38.6 Å². The molecule has 0 unspecified atom stereocenters. The third-order valence-electron chi connectivity index (χ3n) is 4.45. The standard InChI is InChI=1S/C20H23N3O5/c1-26-17-4-3-14(9-18(17)27-2)11-22-19(24)15-10-16(13-21-12-15)20(25)23-5-7-28-8-6-23/h3-4,9-10,12-13H,5-8,11H2,1-2H3,(H,22,24). The van der Waals surface area contributed by atoms with Gasteiger partial charge in [0.1, 0.15) is 0 Å².